The Hall–Kier alpha value is -2.78. The lowest BCUT2D eigenvalue weighted by Gasteiger charge is -2.48. The third kappa shape index (κ3) is 5.03. The number of hydrogen-bond donors (Lipinski definition) is 1. The van der Waals surface area contributed by atoms with Gasteiger partial charge in [-0.1, -0.05) is 68.1 Å². The molecule has 3 heteroatoms. The summed E-state index contributed by atoms with van der Waals surface area (Å²) in [5.41, 5.74) is 6.89. The minimum absolute atomic E-state index is 0.439. The minimum Gasteiger partial charge on any atom is -0.382 e. The van der Waals surface area contributed by atoms with Gasteiger partial charge in [0, 0.05) is 40.8 Å². The Morgan fingerprint density at radius 1 is 1.19 bits per heavy atom. The standard InChI is InChI=1S/C34H40N2S/c1-5-26(28-15-16-28)19-34(4)20-30(21-34)35-23(2)32-24(3)37-31-17-18-36(33(31)32)22-25-11-13-29(14-12-25)27-9-7-6-8-10-27/h5-9,11-14,17-18,26-28,30,35H,1-2,10,15-16,19-22H2,3-4H3. The van der Waals surface area contributed by atoms with Gasteiger partial charge in [0.25, 0.3) is 0 Å². The molecule has 2 nitrogen and oxygen atoms in total. The van der Waals surface area contributed by atoms with Crippen LogP contribution in [0.4, 0.5) is 0 Å². The van der Waals surface area contributed by atoms with Crippen molar-refractivity contribution in [3.05, 3.63) is 102 Å². The molecule has 0 amide bonds. The van der Waals surface area contributed by atoms with Crippen LogP contribution in [-0.4, -0.2) is 10.6 Å². The Morgan fingerprint density at radius 3 is 2.65 bits per heavy atom. The van der Waals surface area contributed by atoms with Gasteiger partial charge in [0.1, 0.15) is 0 Å². The van der Waals surface area contributed by atoms with Gasteiger partial charge in [-0.05, 0) is 79.9 Å². The van der Waals surface area contributed by atoms with Crippen LogP contribution in [0.5, 0.6) is 0 Å². The fourth-order valence-corrected chi connectivity index (χ4v) is 7.92. The van der Waals surface area contributed by atoms with Crippen LogP contribution < -0.4 is 5.32 Å². The third-order valence-electron chi connectivity index (χ3n) is 8.94. The summed E-state index contributed by atoms with van der Waals surface area (Å²) in [6.07, 6.45) is 21.0. The van der Waals surface area contributed by atoms with Crippen LogP contribution in [0, 0.1) is 24.2 Å². The summed E-state index contributed by atoms with van der Waals surface area (Å²) in [7, 11) is 0. The van der Waals surface area contributed by atoms with Gasteiger partial charge in [0.05, 0.1) is 10.2 Å². The lowest BCUT2D eigenvalue weighted by molar-refractivity contribution is 0.0847. The predicted molar refractivity (Wildman–Crippen MR) is 160 cm³/mol. The molecule has 0 spiro atoms. The van der Waals surface area contributed by atoms with Gasteiger partial charge >= 0.3 is 0 Å². The average Bonchev–Trinajstić information content (AvgIpc) is 3.58. The van der Waals surface area contributed by atoms with Crippen molar-refractivity contribution >= 4 is 27.3 Å². The molecule has 3 aromatic rings. The second-order valence-electron chi connectivity index (χ2n) is 12.1. The summed E-state index contributed by atoms with van der Waals surface area (Å²) >= 11 is 1.89. The first-order valence-electron chi connectivity index (χ1n) is 14.0. The van der Waals surface area contributed by atoms with E-state index in [0.717, 1.165) is 24.6 Å². The zero-order chi connectivity index (χ0) is 25.6. The molecule has 3 aliphatic rings. The van der Waals surface area contributed by atoms with E-state index < -0.39 is 0 Å². The van der Waals surface area contributed by atoms with Gasteiger partial charge in [-0.25, -0.2) is 0 Å². The van der Waals surface area contributed by atoms with E-state index in [9.17, 15) is 0 Å². The Bertz CT molecular complexity index is 1350. The number of fused-ring (bicyclic) bond motifs is 1. The summed E-state index contributed by atoms with van der Waals surface area (Å²) in [6, 6.07) is 12.0. The van der Waals surface area contributed by atoms with Crippen molar-refractivity contribution in [3.8, 4) is 0 Å². The number of aryl methyl sites for hydroxylation is 1. The fraction of sp³-hybridized carbons (Fsp3) is 0.412. The Kier molecular flexibility index (Phi) is 6.52. The number of nitrogens with one attached hydrogen (secondary N) is 1. The first-order valence-corrected chi connectivity index (χ1v) is 14.8. The number of hydrogen-bond acceptors (Lipinski definition) is 2. The smallest absolute Gasteiger partial charge is 0.0690 e. The molecule has 2 heterocycles. The van der Waals surface area contributed by atoms with E-state index in [2.05, 4.69) is 104 Å². The van der Waals surface area contributed by atoms with E-state index >= 15 is 0 Å². The summed E-state index contributed by atoms with van der Waals surface area (Å²) in [5, 5.41) is 3.83. The molecule has 2 saturated carbocycles. The number of aromatic nitrogens is 1. The molecular formula is C34H40N2S. The van der Waals surface area contributed by atoms with E-state index in [0.29, 0.717) is 23.3 Å². The van der Waals surface area contributed by atoms with Crippen LogP contribution in [0.15, 0.2) is 80.1 Å². The first-order chi connectivity index (χ1) is 17.9. The highest BCUT2D eigenvalue weighted by Gasteiger charge is 2.44. The Morgan fingerprint density at radius 2 is 1.97 bits per heavy atom. The van der Waals surface area contributed by atoms with Crippen LogP contribution in [-0.2, 0) is 6.54 Å². The van der Waals surface area contributed by atoms with E-state index in [1.54, 1.807) is 0 Å². The molecule has 2 atom stereocenters. The van der Waals surface area contributed by atoms with Crippen molar-refractivity contribution in [2.75, 3.05) is 0 Å². The van der Waals surface area contributed by atoms with Gasteiger partial charge in [-0.15, -0.1) is 17.9 Å². The molecule has 0 bridgehead atoms. The molecule has 192 valence electrons. The number of nitrogens with zero attached hydrogens (tertiary/aromatic N) is 1. The molecule has 1 aromatic carbocycles. The molecule has 3 aliphatic carbocycles. The van der Waals surface area contributed by atoms with Gasteiger partial charge in [-0.3, -0.25) is 0 Å². The second-order valence-corrected chi connectivity index (χ2v) is 13.3. The van der Waals surface area contributed by atoms with Crippen molar-refractivity contribution in [2.45, 2.75) is 70.9 Å². The monoisotopic (exact) mass is 508 g/mol. The van der Waals surface area contributed by atoms with Gasteiger partial charge in [-0.2, -0.15) is 0 Å². The zero-order valence-electron chi connectivity index (χ0n) is 22.4. The molecule has 1 N–H and O–H groups in total. The topological polar surface area (TPSA) is 17.0 Å². The van der Waals surface area contributed by atoms with E-state index in [1.807, 2.05) is 11.3 Å². The third-order valence-corrected chi connectivity index (χ3v) is 10.00. The average molecular weight is 509 g/mol. The lowest BCUT2D eigenvalue weighted by atomic mass is 9.62. The van der Waals surface area contributed by atoms with Gasteiger partial charge in [0.15, 0.2) is 0 Å². The fourth-order valence-electron chi connectivity index (χ4n) is 6.82. The highest BCUT2D eigenvalue weighted by atomic mass is 32.1. The highest BCUT2D eigenvalue weighted by Crippen LogP contribution is 2.51. The molecule has 2 fully saturated rings. The van der Waals surface area contributed by atoms with E-state index in [4.69, 9.17) is 0 Å². The highest BCUT2D eigenvalue weighted by molar-refractivity contribution is 7.19. The van der Waals surface area contributed by atoms with Crippen LogP contribution in [0.1, 0.15) is 72.9 Å². The van der Waals surface area contributed by atoms with E-state index in [1.165, 1.54) is 63.9 Å². The molecule has 0 aliphatic heterocycles. The van der Waals surface area contributed by atoms with Crippen LogP contribution in [0.3, 0.4) is 0 Å². The SMILES string of the molecule is C=CC(CC1(C)CC(NC(=C)c2c(C)sc3ccn(Cc4ccc(C5C=CC=CC5)cc4)c23)C1)C1CC1. The molecule has 6 rings (SSSR count). The lowest BCUT2D eigenvalue weighted by Crippen LogP contribution is -2.47. The molecule has 37 heavy (non-hydrogen) atoms. The van der Waals surface area contributed by atoms with Crippen LogP contribution in [0.2, 0.25) is 0 Å². The normalized spacial score (nSPS) is 25.7. The molecule has 0 saturated heterocycles. The van der Waals surface area contributed by atoms with Gasteiger partial charge < -0.3 is 9.88 Å². The van der Waals surface area contributed by atoms with Crippen molar-refractivity contribution in [2.24, 2.45) is 17.3 Å². The zero-order valence-corrected chi connectivity index (χ0v) is 23.2. The largest absolute Gasteiger partial charge is 0.382 e. The van der Waals surface area contributed by atoms with Crippen molar-refractivity contribution in [1.82, 2.24) is 9.88 Å². The van der Waals surface area contributed by atoms with Crippen molar-refractivity contribution in [1.29, 1.82) is 0 Å². The predicted octanol–water partition coefficient (Wildman–Crippen LogP) is 8.99. The second kappa shape index (κ2) is 9.83. The minimum atomic E-state index is 0.439. The summed E-state index contributed by atoms with van der Waals surface area (Å²) in [6.45, 7) is 14.3. The van der Waals surface area contributed by atoms with Crippen molar-refractivity contribution in [3.63, 3.8) is 0 Å². The first kappa shape index (κ1) is 24.6. The maximum absolute atomic E-state index is 4.54. The van der Waals surface area contributed by atoms with Gasteiger partial charge in [0.2, 0.25) is 0 Å². The Labute approximate surface area is 226 Å². The maximum Gasteiger partial charge on any atom is 0.0690 e. The maximum atomic E-state index is 4.54. The molecule has 2 aromatic heterocycles. The van der Waals surface area contributed by atoms with Crippen LogP contribution in [0.25, 0.3) is 15.9 Å². The van der Waals surface area contributed by atoms with Crippen molar-refractivity contribution < 1.29 is 0 Å². The summed E-state index contributed by atoms with van der Waals surface area (Å²) in [5.74, 6) is 2.12. The number of rotatable bonds is 10. The number of benzene rings is 1. The Balaban J connectivity index is 1.13. The number of allylic oxidation sites excluding steroid dienone is 5. The molecule has 0 radical (unpaired) electrons. The molecule has 2 unspecified atom stereocenters. The van der Waals surface area contributed by atoms with Crippen LogP contribution >= 0.6 is 11.3 Å². The quantitative estimate of drug-likeness (QED) is 0.270. The summed E-state index contributed by atoms with van der Waals surface area (Å²) in [4.78, 5) is 1.35. The molecular weight excluding hydrogens is 468 g/mol. The summed E-state index contributed by atoms with van der Waals surface area (Å²) < 4.78 is 3.76. The number of thiophene rings is 1. The van der Waals surface area contributed by atoms with E-state index in [-0.39, 0.29) is 0 Å².